The van der Waals surface area contributed by atoms with Gasteiger partial charge in [-0.15, -0.1) is 0 Å². The van der Waals surface area contributed by atoms with Gasteiger partial charge in [-0.2, -0.15) is 0 Å². The van der Waals surface area contributed by atoms with Gasteiger partial charge in [0.1, 0.15) is 5.75 Å². The van der Waals surface area contributed by atoms with Crippen molar-refractivity contribution >= 4 is 11.4 Å². The van der Waals surface area contributed by atoms with Crippen molar-refractivity contribution < 1.29 is 4.74 Å². The Balaban J connectivity index is 2.13. The van der Waals surface area contributed by atoms with Crippen LogP contribution in [0.1, 0.15) is 46.5 Å². The molecule has 0 amide bonds. The molecule has 1 aromatic rings. The summed E-state index contributed by atoms with van der Waals surface area (Å²) in [6.07, 6.45) is 4.78. The quantitative estimate of drug-likeness (QED) is 0.842. The van der Waals surface area contributed by atoms with E-state index in [-0.39, 0.29) is 0 Å². The van der Waals surface area contributed by atoms with Crippen molar-refractivity contribution in [2.45, 2.75) is 46.5 Å². The first kappa shape index (κ1) is 15.0. The van der Waals surface area contributed by atoms with Crippen molar-refractivity contribution in [1.29, 1.82) is 0 Å². The Morgan fingerprint density at radius 1 is 1.20 bits per heavy atom. The molecule has 0 atom stereocenters. The number of nitrogen functional groups attached to an aromatic ring is 1. The van der Waals surface area contributed by atoms with E-state index in [4.69, 9.17) is 10.5 Å². The Hall–Kier alpha value is -1.38. The fraction of sp³-hybridized carbons (Fsp3) is 0.647. The third-order valence-corrected chi connectivity index (χ3v) is 4.09. The summed E-state index contributed by atoms with van der Waals surface area (Å²) >= 11 is 0. The molecule has 2 N–H and O–H groups in total. The molecule has 1 heterocycles. The second kappa shape index (κ2) is 6.38. The number of benzene rings is 1. The van der Waals surface area contributed by atoms with Crippen molar-refractivity contribution in [1.82, 2.24) is 0 Å². The van der Waals surface area contributed by atoms with Gasteiger partial charge in [-0.1, -0.05) is 20.8 Å². The third-order valence-electron chi connectivity index (χ3n) is 4.09. The number of nitrogens with two attached hydrogens (primary N) is 1. The zero-order chi connectivity index (χ0) is 14.6. The lowest BCUT2D eigenvalue weighted by molar-refractivity contribution is 0.317. The maximum Gasteiger partial charge on any atom is 0.123 e. The van der Waals surface area contributed by atoms with Crippen LogP contribution in [0, 0.1) is 5.41 Å². The fourth-order valence-corrected chi connectivity index (χ4v) is 2.77. The second-order valence-electron chi connectivity index (χ2n) is 6.61. The van der Waals surface area contributed by atoms with E-state index >= 15 is 0 Å². The molecule has 0 saturated carbocycles. The summed E-state index contributed by atoms with van der Waals surface area (Å²) in [4.78, 5) is 2.45. The van der Waals surface area contributed by atoms with Crippen LogP contribution in [0.15, 0.2) is 18.2 Å². The molecule has 3 nitrogen and oxygen atoms in total. The van der Waals surface area contributed by atoms with Gasteiger partial charge in [0.25, 0.3) is 0 Å². The summed E-state index contributed by atoms with van der Waals surface area (Å²) in [5, 5.41) is 0. The molecular formula is C17H28N2O. The standard InChI is InChI=1S/C17H28N2O/c1-4-10-20-16-12-14(18)11-15(13-16)19-8-5-6-17(2,3)7-9-19/h11-13H,4-10,18H2,1-3H3. The van der Waals surface area contributed by atoms with Gasteiger partial charge in [0.05, 0.1) is 6.61 Å². The lowest BCUT2D eigenvalue weighted by Crippen LogP contribution is -2.25. The summed E-state index contributed by atoms with van der Waals surface area (Å²) in [7, 11) is 0. The Morgan fingerprint density at radius 3 is 2.75 bits per heavy atom. The topological polar surface area (TPSA) is 38.5 Å². The van der Waals surface area contributed by atoms with Gasteiger partial charge in [0, 0.05) is 36.6 Å². The number of hydrogen-bond acceptors (Lipinski definition) is 3. The lowest BCUT2D eigenvalue weighted by atomic mass is 9.85. The molecule has 1 aliphatic heterocycles. The van der Waals surface area contributed by atoms with Gasteiger partial charge < -0.3 is 15.4 Å². The summed E-state index contributed by atoms with van der Waals surface area (Å²) in [6.45, 7) is 9.81. The van der Waals surface area contributed by atoms with Gasteiger partial charge in [0.2, 0.25) is 0 Å². The highest BCUT2D eigenvalue weighted by Gasteiger charge is 2.23. The second-order valence-corrected chi connectivity index (χ2v) is 6.61. The molecule has 0 bridgehead atoms. The predicted octanol–water partition coefficient (Wildman–Crippen LogP) is 4.07. The maximum absolute atomic E-state index is 6.02. The summed E-state index contributed by atoms with van der Waals surface area (Å²) in [5.74, 6) is 0.894. The van der Waals surface area contributed by atoms with E-state index in [1.807, 2.05) is 6.07 Å². The first-order valence-electron chi connectivity index (χ1n) is 7.78. The Labute approximate surface area is 123 Å². The van der Waals surface area contributed by atoms with Crippen LogP contribution in [0.25, 0.3) is 0 Å². The van der Waals surface area contributed by atoms with Crippen LogP contribution in [-0.4, -0.2) is 19.7 Å². The van der Waals surface area contributed by atoms with E-state index in [2.05, 4.69) is 37.8 Å². The van der Waals surface area contributed by atoms with Gasteiger partial charge in [0.15, 0.2) is 0 Å². The average Bonchev–Trinajstić information content (AvgIpc) is 2.57. The van der Waals surface area contributed by atoms with E-state index in [0.29, 0.717) is 5.41 Å². The number of rotatable bonds is 4. The van der Waals surface area contributed by atoms with Crippen LogP contribution in [0.3, 0.4) is 0 Å². The normalized spacial score (nSPS) is 18.6. The van der Waals surface area contributed by atoms with Crippen molar-refractivity contribution in [3.63, 3.8) is 0 Å². The minimum absolute atomic E-state index is 0.455. The molecule has 1 saturated heterocycles. The minimum atomic E-state index is 0.455. The number of nitrogens with zero attached hydrogens (tertiary/aromatic N) is 1. The SMILES string of the molecule is CCCOc1cc(N)cc(N2CCCC(C)(C)CC2)c1. The van der Waals surface area contributed by atoms with Crippen LogP contribution < -0.4 is 15.4 Å². The van der Waals surface area contributed by atoms with Crippen molar-refractivity contribution in [2.75, 3.05) is 30.3 Å². The van der Waals surface area contributed by atoms with E-state index in [1.165, 1.54) is 24.9 Å². The highest BCUT2D eigenvalue weighted by Crippen LogP contribution is 2.33. The lowest BCUT2D eigenvalue weighted by Gasteiger charge is -2.25. The Kier molecular flexibility index (Phi) is 4.79. The molecular weight excluding hydrogens is 248 g/mol. The van der Waals surface area contributed by atoms with Gasteiger partial charge in [-0.3, -0.25) is 0 Å². The molecule has 0 aliphatic carbocycles. The van der Waals surface area contributed by atoms with Crippen LogP contribution in [-0.2, 0) is 0 Å². The van der Waals surface area contributed by atoms with E-state index in [9.17, 15) is 0 Å². The van der Waals surface area contributed by atoms with Crippen LogP contribution in [0.5, 0.6) is 5.75 Å². The van der Waals surface area contributed by atoms with E-state index < -0.39 is 0 Å². The average molecular weight is 276 g/mol. The van der Waals surface area contributed by atoms with Gasteiger partial charge in [-0.05, 0) is 37.2 Å². The first-order valence-corrected chi connectivity index (χ1v) is 7.78. The Morgan fingerprint density at radius 2 is 2.00 bits per heavy atom. The molecule has 1 fully saturated rings. The summed E-state index contributed by atoms with van der Waals surface area (Å²) < 4.78 is 5.73. The molecule has 0 spiro atoms. The van der Waals surface area contributed by atoms with Crippen LogP contribution in [0.2, 0.25) is 0 Å². The molecule has 1 aliphatic rings. The monoisotopic (exact) mass is 276 g/mol. The first-order chi connectivity index (χ1) is 9.50. The van der Waals surface area contributed by atoms with Crippen LogP contribution in [0.4, 0.5) is 11.4 Å². The predicted molar refractivity (Wildman–Crippen MR) is 86.5 cm³/mol. The van der Waals surface area contributed by atoms with Gasteiger partial charge >= 0.3 is 0 Å². The smallest absolute Gasteiger partial charge is 0.123 e. The van der Waals surface area contributed by atoms with Crippen LogP contribution >= 0.6 is 0 Å². The molecule has 0 radical (unpaired) electrons. The molecule has 0 aromatic heterocycles. The van der Waals surface area contributed by atoms with E-state index in [0.717, 1.165) is 37.6 Å². The van der Waals surface area contributed by atoms with Crippen molar-refractivity contribution in [3.8, 4) is 5.75 Å². The number of anilines is 2. The molecule has 1 aromatic carbocycles. The fourth-order valence-electron chi connectivity index (χ4n) is 2.77. The summed E-state index contributed by atoms with van der Waals surface area (Å²) in [6, 6.07) is 6.11. The number of hydrogen-bond donors (Lipinski definition) is 1. The molecule has 0 unspecified atom stereocenters. The van der Waals surface area contributed by atoms with E-state index in [1.54, 1.807) is 0 Å². The molecule has 3 heteroatoms. The zero-order valence-corrected chi connectivity index (χ0v) is 13.1. The molecule has 112 valence electrons. The maximum atomic E-state index is 6.02. The molecule has 2 rings (SSSR count). The largest absolute Gasteiger partial charge is 0.493 e. The summed E-state index contributed by atoms with van der Waals surface area (Å²) in [5.41, 5.74) is 8.47. The number of ether oxygens (including phenoxy) is 1. The highest BCUT2D eigenvalue weighted by molar-refractivity contribution is 5.60. The third kappa shape index (κ3) is 4.06. The minimum Gasteiger partial charge on any atom is -0.493 e. The zero-order valence-electron chi connectivity index (χ0n) is 13.1. The Bertz CT molecular complexity index is 443. The van der Waals surface area contributed by atoms with Crippen molar-refractivity contribution in [2.24, 2.45) is 5.41 Å². The van der Waals surface area contributed by atoms with Gasteiger partial charge in [-0.25, -0.2) is 0 Å². The highest BCUT2D eigenvalue weighted by atomic mass is 16.5. The molecule has 20 heavy (non-hydrogen) atoms. The van der Waals surface area contributed by atoms with Crippen molar-refractivity contribution in [3.05, 3.63) is 18.2 Å².